The van der Waals surface area contributed by atoms with E-state index in [1.807, 2.05) is 0 Å². The van der Waals surface area contributed by atoms with Gasteiger partial charge in [-0.15, -0.1) is 5.10 Å². The predicted molar refractivity (Wildman–Crippen MR) is 84.2 cm³/mol. The number of nitrogens with zero attached hydrogens (tertiary/aromatic N) is 2. The first-order valence-corrected chi connectivity index (χ1v) is 7.30. The summed E-state index contributed by atoms with van der Waals surface area (Å²) in [5, 5.41) is 10.2. The van der Waals surface area contributed by atoms with Crippen LogP contribution in [0, 0.1) is 5.82 Å². The number of esters is 1. The van der Waals surface area contributed by atoms with Gasteiger partial charge in [0.2, 0.25) is 0 Å². The molecule has 0 aliphatic heterocycles. The van der Waals surface area contributed by atoms with Crippen molar-refractivity contribution < 1.29 is 18.7 Å². The van der Waals surface area contributed by atoms with Crippen molar-refractivity contribution in [3.05, 3.63) is 60.0 Å². The first kappa shape index (κ1) is 15.7. The summed E-state index contributed by atoms with van der Waals surface area (Å²) < 4.78 is 24.4. The fourth-order valence-electron chi connectivity index (χ4n) is 2.16. The molecule has 0 fully saturated rings. The Labute approximate surface area is 137 Å². The van der Waals surface area contributed by atoms with Crippen molar-refractivity contribution in [2.75, 3.05) is 6.61 Å². The fraction of sp³-hybridized carbons (Fsp3) is 0.118. The first-order valence-electron chi connectivity index (χ1n) is 7.30. The highest BCUT2D eigenvalue weighted by atomic mass is 19.1. The summed E-state index contributed by atoms with van der Waals surface area (Å²) in [5.74, 6) is -0.659. The number of aromatic nitrogens is 3. The Hall–Kier alpha value is -3.22. The number of H-pyrrole nitrogens is 1. The Balaban J connectivity index is 2.01. The van der Waals surface area contributed by atoms with Crippen LogP contribution in [0.4, 0.5) is 4.39 Å². The van der Waals surface area contributed by atoms with Crippen LogP contribution < -0.4 is 4.74 Å². The normalized spacial score (nSPS) is 10.4. The van der Waals surface area contributed by atoms with Gasteiger partial charge in [-0.1, -0.05) is 24.3 Å². The molecule has 2 aromatic carbocycles. The highest BCUT2D eigenvalue weighted by Gasteiger charge is 2.22. The van der Waals surface area contributed by atoms with Crippen LogP contribution in [-0.4, -0.2) is 28.0 Å². The van der Waals surface area contributed by atoms with Crippen LogP contribution in [0.25, 0.3) is 11.3 Å². The second-order valence-corrected chi connectivity index (χ2v) is 4.77. The number of carbonyl (C=O) groups is 1. The molecule has 7 heteroatoms. The van der Waals surface area contributed by atoms with Crippen LogP contribution in [0.3, 0.4) is 0 Å². The van der Waals surface area contributed by atoms with Gasteiger partial charge in [-0.3, -0.25) is 0 Å². The molecule has 1 N–H and O–H groups in total. The van der Waals surface area contributed by atoms with Gasteiger partial charge >= 0.3 is 5.97 Å². The second kappa shape index (κ2) is 6.91. The molecular weight excluding hydrogens is 313 g/mol. The number of benzene rings is 2. The molecule has 0 aliphatic rings. The Kier molecular flexibility index (Phi) is 4.51. The van der Waals surface area contributed by atoms with E-state index in [2.05, 4.69) is 15.4 Å². The Morgan fingerprint density at radius 2 is 1.79 bits per heavy atom. The molecule has 3 rings (SSSR count). The van der Waals surface area contributed by atoms with Gasteiger partial charge in [-0.2, -0.15) is 10.3 Å². The number of hydrogen-bond donors (Lipinski definition) is 1. The van der Waals surface area contributed by atoms with Gasteiger partial charge in [0.25, 0.3) is 0 Å². The highest BCUT2D eigenvalue weighted by Crippen LogP contribution is 2.34. The third-order valence-corrected chi connectivity index (χ3v) is 3.22. The summed E-state index contributed by atoms with van der Waals surface area (Å²) in [7, 11) is 0. The molecule has 1 heterocycles. The lowest BCUT2D eigenvalue weighted by atomic mass is 10.1. The maximum atomic E-state index is 13.8. The van der Waals surface area contributed by atoms with E-state index in [1.165, 1.54) is 12.1 Å². The van der Waals surface area contributed by atoms with E-state index in [0.717, 1.165) is 0 Å². The summed E-state index contributed by atoms with van der Waals surface area (Å²) in [5.41, 5.74) is 0.819. The molecular formula is C17H14FN3O3. The molecule has 0 saturated heterocycles. The molecule has 3 aromatic rings. The van der Waals surface area contributed by atoms with Crippen LogP contribution in [0.15, 0.2) is 48.5 Å². The Morgan fingerprint density at radius 3 is 2.54 bits per heavy atom. The van der Waals surface area contributed by atoms with Crippen LogP contribution >= 0.6 is 0 Å². The van der Waals surface area contributed by atoms with E-state index in [0.29, 0.717) is 11.3 Å². The summed E-state index contributed by atoms with van der Waals surface area (Å²) >= 11 is 0. The molecule has 24 heavy (non-hydrogen) atoms. The van der Waals surface area contributed by atoms with Crippen molar-refractivity contribution in [1.82, 2.24) is 15.4 Å². The molecule has 6 nitrogen and oxygen atoms in total. The minimum atomic E-state index is -0.595. The number of nitrogens with one attached hydrogen (secondary N) is 1. The fourth-order valence-corrected chi connectivity index (χ4v) is 2.16. The van der Waals surface area contributed by atoms with E-state index in [9.17, 15) is 9.18 Å². The number of ether oxygens (including phenoxy) is 2. The minimum Gasteiger partial charge on any atom is -0.461 e. The summed E-state index contributed by atoms with van der Waals surface area (Å²) in [6.07, 6.45) is 0. The van der Waals surface area contributed by atoms with Crippen molar-refractivity contribution in [1.29, 1.82) is 0 Å². The third-order valence-electron chi connectivity index (χ3n) is 3.22. The third kappa shape index (κ3) is 3.10. The van der Waals surface area contributed by atoms with Gasteiger partial charge in [-0.25, -0.2) is 9.18 Å². The van der Waals surface area contributed by atoms with Gasteiger partial charge in [0.1, 0.15) is 11.4 Å². The van der Waals surface area contributed by atoms with E-state index >= 15 is 0 Å². The smallest absolute Gasteiger partial charge is 0.361 e. The molecule has 1 aromatic heterocycles. The van der Waals surface area contributed by atoms with Crippen LogP contribution in [0.1, 0.15) is 17.4 Å². The van der Waals surface area contributed by atoms with Gasteiger partial charge in [0, 0.05) is 5.56 Å². The molecule has 0 amide bonds. The van der Waals surface area contributed by atoms with Crippen LogP contribution in [0.5, 0.6) is 11.5 Å². The Bertz CT molecular complexity index is 864. The van der Waals surface area contributed by atoms with Crippen molar-refractivity contribution in [2.45, 2.75) is 6.92 Å². The molecule has 122 valence electrons. The highest BCUT2D eigenvalue weighted by molar-refractivity contribution is 5.94. The average Bonchev–Trinajstić information content (AvgIpc) is 3.07. The lowest BCUT2D eigenvalue weighted by Crippen LogP contribution is -2.07. The number of para-hydroxylation sites is 2. The molecule has 0 atom stereocenters. The number of rotatable bonds is 5. The predicted octanol–water partition coefficient (Wildman–Crippen LogP) is 3.58. The summed E-state index contributed by atoms with van der Waals surface area (Å²) in [6.45, 7) is 1.92. The number of carbonyl (C=O) groups excluding carboxylic acids is 1. The van der Waals surface area contributed by atoms with Crippen molar-refractivity contribution in [2.24, 2.45) is 0 Å². The molecule has 0 aliphatic carbocycles. The summed E-state index contributed by atoms with van der Waals surface area (Å²) in [4.78, 5) is 12.0. The maximum absolute atomic E-state index is 13.8. The van der Waals surface area contributed by atoms with Crippen LogP contribution in [-0.2, 0) is 4.74 Å². The quantitative estimate of drug-likeness (QED) is 0.725. The number of halogens is 1. The number of aromatic amines is 1. The molecule has 0 radical (unpaired) electrons. The maximum Gasteiger partial charge on any atom is 0.361 e. The topological polar surface area (TPSA) is 77.1 Å². The van der Waals surface area contributed by atoms with E-state index in [4.69, 9.17) is 9.47 Å². The minimum absolute atomic E-state index is 0.0430. The number of hydrogen-bond acceptors (Lipinski definition) is 5. The second-order valence-electron chi connectivity index (χ2n) is 4.77. The zero-order valence-electron chi connectivity index (χ0n) is 12.8. The summed E-state index contributed by atoms with van der Waals surface area (Å²) in [6, 6.07) is 12.9. The average molecular weight is 327 g/mol. The zero-order chi connectivity index (χ0) is 16.9. The van der Waals surface area contributed by atoms with E-state index < -0.39 is 11.8 Å². The molecule has 0 spiro atoms. The van der Waals surface area contributed by atoms with Crippen LogP contribution in [0.2, 0.25) is 0 Å². The zero-order valence-corrected chi connectivity index (χ0v) is 12.8. The van der Waals surface area contributed by atoms with E-state index in [-0.39, 0.29) is 23.7 Å². The lowest BCUT2D eigenvalue weighted by molar-refractivity contribution is 0.0520. The molecule has 0 bridgehead atoms. The Morgan fingerprint density at radius 1 is 1.08 bits per heavy atom. The molecule has 0 unspecified atom stereocenters. The van der Waals surface area contributed by atoms with Gasteiger partial charge in [-0.05, 0) is 31.2 Å². The SMILES string of the molecule is CCOC(=O)c1n[nH]nc1-c1ccccc1Oc1ccccc1F. The van der Waals surface area contributed by atoms with Crippen molar-refractivity contribution >= 4 is 5.97 Å². The largest absolute Gasteiger partial charge is 0.461 e. The lowest BCUT2D eigenvalue weighted by Gasteiger charge is -2.10. The van der Waals surface area contributed by atoms with Gasteiger partial charge in [0.05, 0.1) is 6.61 Å². The standard InChI is InChI=1S/C17H14FN3O3/c1-2-23-17(22)16-15(19-21-20-16)11-7-3-5-9-13(11)24-14-10-6-4-8-12(14)18/h3-10H,2H2,1H3,(H,19,20,21). The van der Waals surface area contributed by atoms with Crippen molar-refractivity contribution in [3.63, 3.8) is 0 Å². The van der Waals surface area contributed by atoms with Crippen molar-refractivity contribution in [3.8, 4) is 22.8 Å². The molecule has 0 saturated carbocycles. The van der Waals surface area contributed by atoms with E-state index in [1.54, 1.807) is 43.3 Å². The van der Waals surface area contributed by atoms with Gasteiger partial charge < -0.3 is 9.47 Å². The first-order chi connectivity index (χ1) is 11.7. The monoisotopic (exact) mass is 327 g/mol. The van der Waals surface area contributed by atoms with Gasteiger partial charge in [0.15, 0.2) is 17.3 Å².